The standard InChI is InChI=1S/C22H15F3N4O2S/c23-22(24,25)14-6-4-7-15(12-14)27-18(30)13-32-21-28-19-17(10-5-11-26-19)20(31)29(21)16-8-2-1-3-9-16/h1-12H,13H2,(H,27,30). The minimum absolute atomic E-state index is 0.0269. The number of rotatable bonds is 5. The van der Waals surface area contributed by atoms with Gasteiger partial charge < -0.3 is 5.32 Å². The molecule has 0 radical (unpaired) electrons. The first-order valence-corrected chi connectivity index (χ1v) is 10.3. The van der Waals surface area contributed by atoms with Crippen molar-refractivity contribution in [3.63, 3.8) is 0 Å². The lowest BCUT2D eigenvalue weighted by Gasteiger charge is -2.13. The number of halogens is 3. The van der Waals surface area contributed by atoms with Crippen LogP contribution in [0, 0.1) is 0 Å². The first kappa shape index (κ1) is 21.6. The van der Waals surface area contributed by atoms with E-state index in [-0.39, 0.29) is 27.8 Å². The van der Waals surface area contributed by atoms with Gasteiger partial charge in [0.25, 0.3) is 5.56 Å². The molecule has 1 N–H and O–H groups in total. The van der Waals surface area contributed by atoms with E-state index in [0.717, 1.165) is 23.9 Å². The number of benzene rings is 2. The molecule has 1 amide bonds. The van der Waals surface area contributed by atoms with Gasteiger partial charge in [0.1, 0.15) is 0 Å². The number of hydrogen-bond donors (Lipinski definition) is 1. The molecule has 0 aliphatic rings. The molecule has 0 atom stereocenters. The van der Waals surface area contributed by atoms with E-state index in [9.17, 15) is 22.8 Å². The minimum atomic E-state index is -4.51. The fourth-order valence-electron chi connectivity index (χ4n) is 3.00. The van der Waals surface area contributed by atoms with Crippen molar-refractivity contribution >= 4 is 34.4 Å². The molecule has 0 aliphatic carbocycles. The van der Waals surface area contributed by atoms with Gasteiger partial charge in [0, 0.05) is 11.9 Å². The maximum Gasteiger partial charge on any atom is 0.416 e. The largest absolute Gasteiger partial charge is 0.416 e. The lowest BCUT2D eigenvalue weighted by atomic mass is 10.2. The van der Waals surface area contributed by atoms with Crippen LogP contribution in [0.4, 0.5) is 18.9 Å². The summed E-state index contributed by atoms with van der Waals surface area (Å²) < 4.78 is 40.0. The monoisotopic (exact) mass is 456 g/mol. The first-order valence-electron chi connectivity index (χ1n) is 9.36. The van der Waals surface area contributed by atoms with E-state index < -0.39 is 17.6 Å². The Hall–Kier alpha value is -3.66. The second-order valence-electron chi connectivity index (χ2n) is 6.66. The Morgan fingerprint density at radius 2 is 1.81 bits per heavy atom. The van der Waals surface area contributed by atoms with Crippen LogP contribution in [0.5, 0.6) is 0 Å². The predicted octanol–water partition coefficient (Wildman–Crippen LogP) is 4.53. The van der Waals surface area contributed by atoms with Gasteiger partial charge in [0.2, 0.25) is 5.91 Å². The Balaban J connectivity index is 1.61. The van der Waals surface area contributed by atoms with E-state index in [1.165, 1.54) is 22.9 Å². The number of nitrogens with one attached hydrogen (secondary N) is 1. The molecule has 0 aliphatic heterocycles. The summed E-state index contributed by atoms with van der Waals surface area (Å²) in [6.45, 7) is 0. The van der Waals surface area contributed by atoms with Crippen LogP contribution in [0.25, 0.3) is 16.7 Å². The lowest BCUT2D eigenvalue weighted by Crippen LogP contribution is -2.23. The zero-order valence-corrected chi connectivity index (χ0v) is 17.2. The molecule has 0 bridgehead atoms. The predicted molar refractivity (Wildman–Crippen MR) is 116 cm³/mol. The average molecular weight is 456 g/mol. The van der Waals surface area contributed by atoms with Gasteiger partial charge in [-0.2, -0.15) is 13.2 Å². The average Bonchev–Trinajstić information content (AvgIpc) is 2.78. The van der Waals surface area contributed by atoms with Gasteiger partial charge in [-0.1, -0.05) is 36.0 Å². The Kier molecular flexibility index (Phi) is 5.95. The molecular weight excluding hydrogens is 441 g/mol. The number of alkyl halides is 3. The SMILES string of the molecule is O=C(CSc1nc2ncccc2c(=O)n1-c1ccccc1)Nc1cccc(C(F)(F)F)c1. The van der Waals surface area contributed by atoms with Gasteiger partial charge in [-0.05, 0) is 42.5 Å². The van der Waals surface area contributed by atoms with E-state index in [0.29, 0.717) is 11.1 Å². The molecule has 0 unspecified atom stereocenters. The van der Waals surface area contributed by atoms with Crippen molar-refractivity contribution in [1.82, 2.24) is 14.5 Å². The van der Waals surface area contributed by atoms with E-state index in [1.54, 1.807) is 42.5 Å². The van der Waals surface area contributed by atoms with Crippen molar-refractivity contribution < 1.29 is 18.0 Å². The highest BCUT2D eigenvalue weighted by atomic mass is 32.2. The molecule has 0 fully saturated rings. The number of fused-ring (bicyclic) bond motifs is 1. The molecule has 2 heterocycles. The third kappa shape index (κ3) is 4.65. The van der Waals surface area contributed by atoms with Crippen molar-refractivity contribution in [2.45, 2.75) is 11.3 Å². The van der Waals surface area contributed by atoms with E-state index >= 15 is 0 Å². The Morgan fingerprint density at radius 1 is 1.03 bits per heavy atom. The van der Waals surface area contributed by atoms with E-state index in [2.05, 4.69) is 15.3 Å². The molecule has 32 heavy (non-hydrogen) atoms. The van der Waals surface area contributed by atoms with Crippen LogP contribution >= 0.6 is 11.8 Å². The number of carbonyl (C=O) groups is 1. The van der Waals surface area contributed by atoms with Crippen molar-refractivity contribution in [1.29, 1.82) is 0 Å². The Morgan fingerprint density at radius 3 is 2.56 bits per heavy atom. The number of aromatic nitrogens is 3. The van der Waals surface area contributed by atoms with Gasteiger partial charge in [0.05, 0.1) is 22.4 Å². The van der Waals surface area contributed by atoms with Crippen molar-refractivity contribution in [3.05, 3.63) is 88.8 Å². The van der Waals surface area contributed by atoms with Crippen LogP contribution in [0.15, 0.2) is 82.9 Å². The summed E-state index contributed by atoms with van der Waals surface area (Å²) in [5.41, 5.74) is -0.362. The number of nitrogens with zero attached hydrogens (tertiary/aromatic N) is 3. The third-order valence-corrected chi connectivity index (χ3v) is 5.37. The number of hydrogen-bond acceptors (Lipinski definition) is 5. The molecule has 0 spiro atoms. The van der Waals surface area contributed by atoms with Crippen molar-refractivity contribution in [2.24, 2.45) is 0 Å². The first-order chi connectivity index (χ1) is 15.3. The molecule has 162 valence electrons. The molecule has 10 heteroatoms. The second-order valence-corrected chi connectivity index (χ2v) is 7.60. The fraction of sp³-hybridized carbons (Fsp3) is 0.0909. The van der Waals surface area contributed by atoms with Crippen LogP contribution in [0.3, 0.4) is 0 Å². The van der Waals surface area contributed by atoms with Gasteiger partial charge in [-0.15, -0.1) is 0 Å². The third-order valence-electron chi connectivity index (χ3n) is 4.43. The highest BCUT2D eigenvalue weighted by molar-refractivity contribution is 7.99. The Bertz CT molecular complexity index is 1340. The van der Waals surface area contributed by atoms with Crippen LogP contribution < -0.4 is 10.9 Å². The van der Waals surface area contributed by atoms with Crippen LogP contribution in [0.1, 0.15) is 5.56 Å². The fourth-order valence-corrected chi connectivity index (χ4v) is 3.80. The number of pyridine rings is 1. The maximum atomic E-state index is 13.1. The summed E-state index contributed by atoms with van der Waals surface area (Å²) in [5, 5.41) is 3.02. The zero-order valence-electron chi connectivity index (χ0n) is 16.3. The normalized spacial score (nSPS) is 11.5. The molecule has 6 nitrogen and oxygen atoms in total. The quantitative estimate of drug-likeness (QED) is 0.353. The lowest BCUT2D eigenvalue weighted by molar-refractivity contribution is -0.137. The molecule has 4 aromatic rings. The topological polar surface area (TPSA) is 76.9 Å². The zero-order chi connectivity index (χ0) is 22.7. The molecule has 0 saturated heterocycles. The summed E-state index contributed by atoms with van der Waals surface area (Å²) in [4.78, 5) is 34.0. The minimum Gasteiger partial charge on any atom is -0.325 e. The summed E-state index contributed by atoms with van der Waals surface area (Å²) in [5.74, 6) is -0.710. The highest BCUT2D eigenvalue weighted by Gasteiger charge is 2.30. The summed E-state index contributed by atoms with van der Waals surface area (Å²) in [6, 6.07) is 16.4. The number of para-hydroxylation sites is 1. The number of thioether (sulfide) groups is 1. The van der Waals surface area contributed by atoms with Crippen LogP contribution in [-0.2, 0) is 11.0 Å². The number of anilines is 1. The number of amides is 1. The van der Waals surface area contributed by atoms with Crippen molar-refractivity contribution in [3.8, 4) is 5.69 Å². The molecule has 2 aromatic heterocycles. The van der Waals surface area contributed by atoms with Gasteiger partial charge >= 0.3 is 6.18 Å². The summed E-state index contributed by atoms with van der Waals surface area (Å²) in [7, 11) is 0. The highest BCUT2D eigenvalue weighted by Crippen LogP contribution is 2.30. The smallest absolute Gasteiger partial charge is 0.325 e. The van der Waals surface area contributed by atoms with Gasteiger partial charge in [-0.25, -0.2) is 9.97 Å². The van der Waals surface area contributed by atoms with E-state index in [4.69, 9.17) is 0 Å². The van der Waals surface area contributed by atoms with Crippen molar-refractivity contribution in [2.75, 3.05) is 11.1 Å². The molecular formula is C22H15F3N4O2S. The van der Waals surface area contributed by atoms with Crippen LogP contribution in [-0.4, -0.2) is 26.2 Å². The van der Waals surface area contributed by atoms with E-state index in [1.807, 2.05) is 0 Å². The second kappa shape index (κ2) is 8.83. The summed E-state index contributed by atoms with van der Waals surface area (Å²) >= 11 is 0.986. The maximum absolute atomic E-state index is 13.1. The molecule has 4 rings (SSSR count). The molecule has 0 saturated carbocycles. The summed E-state index contributed by atoms with van der Waals surface area (Å²) in [6.07, 6.45) is -3.00. The van der Waals surface area contributed by atoms with Gasteiger partial charge in [0.15, 0.2) is 10.8 Å². The van der Waals surface area contributed by atoms with Gasteiger partial charge in [-0.3, -0.25) is 14.2 Å². The Labute approximate surface area is 184 Å². The number of carbonyl (C=O) groups excluding carboxylic acids is 1. The molecule has 2 aromatic carbocycles. The van der Waals surface area contributed by atoms with Crippen LogP contribution in [0.2, 0.25) is 0 Å².